The van der Waals surface area contributed by atoms with Gasteiger partial charge >= 0.3 is 0 Å². The molecule has 1 aliphatic rings. The van der Waals surface area contributed by atoms with Crippen molar-refractivity contribution < 1.29 is 41.0 Å². The Morgan fingerprint density at radius 2 is 1.64 bits per heavy atom. The van der Waals surface area contributed by atoms with Crippen molar-refractivity contribution in [1.82, 2.24) is 5.32 Å². The number of ether oxygens (including phenoxy) is 3. The van der Waals surface area contributed by atoms with Gasteiger partial charge in [-0.05, 0) is 85.6 Å². The number of anilines is 1. The first-order chi connectivity index (χ1) is 22.1. The van der Waals surface area contributed by atoms with E-state index in [1.807, 2.05) is 19.2 Å². The first-order valence-electron chi connectivity index (χ1n) is 16.2. The quantitative estimate of drug-likeness (QED) is 0.115. The lowest BCUT2D eigenvalue weighted by Gasteiger charge is -2.35. The first-order valence-corrected chi connectivity index (χ1v) is 21.0. The molecule has 1 fully saturated rings. The number of nitrogens with zero attached hydrogens (tertiary/aromatic N) is 1. The van der Waals surface area contributed by atoms with E-state index in [-0.39, 0.29) is 35.8 Å². The lowest BCUT2D eigenvalue weighted by Crippen LogP contribution is -2.39. The first kappa shape index (κ1) is 37.0. The molecule has 3 aromatic rings. The van der Waals surface area contributed by atoms with Crippen LogP contribution in [-0.2, 0) is 24.2 Å². The molecule has 0 bridgehead atoms. The molecule has 1 heterocycles. The van der Waals surface area contributed by atoms with E-state index >= 15 is 0 Å². The van der Waals surface area contributed by atoms with Crippen LogP contribution >= 0.6 is 0 Å². The van der Waals surface area contributed by atoms with E-state index in [0.29, 0.717) is 60.8 Å². The zero-order chi connectivity index (χ0) is 34.4. The number of carbonyl (C=O) groups is 1. The number of carbonyl (C=O) groups excluding carboxylic acids is 1. The Morgan fingerprint density at radius 3 is 2.19 bits per heavy atom. The molecule has 1 aliphatic carbocycles. The molecule has 0 atom stereocenters. The van der Waals surface area contributed by atoms with Gasteiger partial charge in [-0.1, -0.05) is 13.8 Å². The van der Waals surface area contributed by atoms with Crippen LogP contribution in [0.3, 0.4) is 0 Å². The van der Waals surface area contributed by atoms with Crippen molar-refractivity contribution >= 4 is 40.9 Å². The van der Waals surface area contributed by atoms with Crippen LogP contribution in [0.1, 0.15) is 61.4 Å². The number of nitrogens with one attached hydrogen (secondary N) is 1. The van der Waals surface area contributed by atoms with E-state index < -0.39 is 24.2 Å². The minimum atomic E-state index is -3.70. The van der Waals surface area contributed by atoms with Crippen molar-refractivity contribution in [2.45, 2.75) is 63.6 Å². The van der Waals surface area contributed by atoms with Gasteiger partial charge in [-0.15, -0.1) is 0 Å². The van der Waals surface area contributed by atoms with Crippen LogP contribution in [0, 0.1) is 5.82 Å². The number of benzene rings is 2. The molecule has 2 aromatic carbocycles. The molecule has 0 unspecified atom stereocenters. The molecule has 0 saturated heterocycles. The summed E-state index contributed by atoms with van der Waals surface area (Å²) in [5.74, 6) is -0.319. The van der Waals surface area contributed by atoms with Gasteiger partial charge in [0.2, 0.25) is 10.0 Å². The second kappa shape index (κ2) is 15.6. The molecular formula is C34H49FN2O8SSi. The standard InChI is InChI=1S/C34H49FN2O8SSi/c1-34(2,47(5,6)41)14-7-16-42-18-20-44-21-19-43-17-15-37(46(4,39)40)29-23-30-28(22-27(29)24-8-9-24)31(33(38)36-3)32(45-30)25-10-12-26(35)13-11-25/h10-13,22-24,41H,7-9,14-21H2,1-6H3,(H,36,38). The number of sulfonamides is 1. The maximum Gasteiger partial charge on any atom is 0.255 e. The summed E-state index contributed by atoms with van der Waals surface area (Å²) in [5, 5.41) is 3.17. The molecule has 0 aliphatic heterocycles. The number of hydrogen-bond donors (Lipinski definition) is 2. The van der Waals surface area contributed by atoms with E-state index in [4.69, 9.17) is 18.6 Å². The smallest absolute Gasteiger partial charge is 0.255 e. The highest BCUT2D eigenvalue weighted by molar-refractivity contribution is 7.92. The minimum absolute atomic E-state index is 0.0626. The number of rotatable bonds is 19. The molecule has 13 heteroatoms. The molecule has 1 aromatic heterocycles. The number of hydrogen-bond acceptors (Lipinski definition) is 8. The largest absolute Gasteiger partial charge is 0.455 e. The van der Waals surface area contributed by atoms with E-state index in [1.165, 1.54) is 23.5 Å². The Kier molecular flexibility index (Phi) is 12.3. The third-order valence-electron chi connectivity index (χ3n) is 9.01. The highest BCUT2D eigenvalue weighted by atomic mass is 32.2. The average molecular weight is 693 g/mol. The topological polar surface area (TPSA) is 128 Å². The second-order valence-electron chi connectivity index (χ2n) is 13.3. The van der Waals surface area contributed by atoms with Crippen LogP contribution < -0.4 is 9.62 Å². The lowest BCUT2D eigenvalue weighted by atomic mass is 10.0. The van der Waals surface area contributed by atoms with Crippen molar-refractivity contribution in [3.8, 4) is 11.3 Å². The van der Waals surface area contributed by atoms with Crippen molar-refractivity contribution in [1.29, 1.82) is 0 Å². The van der Waals surface area contributed by atoms with E-state index in [9.17, 15) is 22.4 Å². The molecule has 10 nitrogen and oxygen atoms in total. The zero-order valence-corrected chi connectivity index (χ0v) is 30.2. The third-order valence-corrected chi connectivity index (χ3v) is 13.8. The Labute approximate surface area is 278 Å². The van der Waals surface area contributed by atoms with Crippen molar-refractivity contribution in [2.24, 2.45) is 0 Å². The fourth-order valence-electron chi connectivity index (χ4n) is 5.32. The molecule has 0 radical (unpaired) electrons. The summed E-state index contributed by atoms with van der Waals surface area (Å²) in [5.41, 5.74) is 2.53. The van der Waals surface area contributed by atoms with Gasteiger partial charge in [0.25, 0.3) is 5.91 Å². The van der Waals surface area contributed by atoms with Gasteiger partial charge in [-0.2, -0.15) is 0 Å². The van der Waals surface area contributed by atoms with Crippen LogP contribution in [0.25, 0.3) is 22.3 Å². The van der Waals surface area contributed by atoms with Gasteiger partial charge in [0.15, 0.2) is 8.32 Å². The van der Waals surface area contributed by atoms with E-state index in [1.54, 1.807) is 18.2 Å². The summed E-state index contributed by atoms with van der Waals surface area (Å²) in [7, 11) is -4.38. The number of fused-ring (bicyclic) bond motifs is 1. The molecule has 2 N–H and O–H groups in total. The van der Waals surface area contributed by atoms with Gasteiger partial charge in [0.05, 0.1) is 57.1 Å². The Morgan fingerprint density at radius 1 is 1.04 bits per heavy atom. The normalized spacial score (nSPS) is 14.1. The molecule has 4 rings (SSSR count). The molecular weight excluding hydrogens is 644 g/mol. The van der Waals surface area contributed by atoms with Gasteiger partial charge in [0.1, 0.15) is 17.2 Å². The van der Waals surface area contributed by atoms with Crippen molar-refractivity contribution in [3.05, 3.63) is 53.3 Å². The summed E-state index contributed by atoms with van der Waals surface area (Å²) < 4.78 is 64.3. The van der Waals surface area contributed by atoms with Crippen LogP contribution in [0.15, 0.2) is 40.8 Å². The fraction of sp³-hybridized carbons (Fsp3) is 0.559. The summed E-state index contributed by atoms with van der Waals surface area (Å²) in [6.45, 7) is 10.5. The average Bonchev–Trinajstić information content (AvgIpc) is 3.78. The highest BCUT2D eigenvalue weighted by Crippen LogP contribution is 2.48. The summed E-state index contributed by atoms with van der Waals surface area (Å²) in [4.78, 5) is 23.4. The summed E-state index contributed by atoms with van der Waals surface area (Å²) >= 11 is 0. The maximum atomic E-state index is 13.6. The second-order valence-corrected chi connectivity index (χ2v) is 19.7. The van der Waals surface area contributed by atoms with Gasteiger partial charge < -0.3 is 28.7 Å². The lowest BCUT2D eigenvalue weighted by molar-refractivity contribution is 0.0151. The Bertz CT molecular complexity index is 1620. The predicted octanol–water partition coefficient (Wildman–Crippen LogP) is 6.05. The van der Waals surface area contributed by atoms with Crippen LogP contribution in [0.5, 0.6) is 0 Å². The Hall–Kier alpha value is -2.81. The van der Waals surface area contributed by atoms with Crippen LogP contribution in [0.4, 0.5) is 10.1 Å². The van der Waals surface area contributed by atoms with Gasteiger partial charge in [-0.3, -0.25) is 9.10 Å². The molecule has 1 amide bonds. The van der Waals surface area contributed by atoms with Gasteiger partial charge in [-0.25, -0.2) is 12.8 Å². The summed E-state index contributed by atoms with van der Waals surface area (Å²) in [6.07, 6.45) is 4.77. The number of furan rings is 1. The number of halogens is 1. The van der Waals surface area contributed by atoms with Crippen LogP contribution in [-0.4, -0.2) is 86.9 Å². The monoisotopic (exact) mass is 692 g/mol. The van der Waals surface area contributed by atoms with Crippen molar-refractivity contribution in [2.75, 3.05) is 63.8 Å². The Balaban J connectivity index is 1.36. The fourth-order valence-corrected chi connectivity index (χ4v) is 7.03. The predicted molar refractivity (Wildman–Crippen MR) is 185 cm³/mol. The number of amides is 1. The molecule has 0 spiro atoms. The van der Waals surface area contributed by atoms with E-state index in [0.717, 1.165) is 37.5 Å². The van der Waals surface area contributed by atoms with E-state index in [2.05, 4.69) is 19.2 Å². The zero-order valence-electron chi connectivity index (χ0n) is 28.4. The highest BCUT2D eigenvalue weighted by Gasteiger charge is 2.37. The summed E-state index contributed by atoms with van der Waals surface area (Å²) in [6, 6.07) is 9.22. The maximum absolute atomic E-state index is 13.6. The van der Waals surface area contributed by atoms with Gasteiger partial charge in [0, 0.05) is 30.7 Å². The SMILES string of the molecule is CNC(=O)c1c(-c2ccc(F)cc2)oc2cc(N(CCOCCOCCOCCCC(C)(C)[Si](C)(C)O)S(C)(=O)=O)c(C3CC3)cc12. The minimum Gasteiger partial charge on any atom is -0.455 e. The van der Waals surface area contributed by atoms with Crippen molar-refractivity contribution in [3.63, 3.8) is 0 Å². The molecule has 47 heavy (non-hydrogen) atoms. The van der Waals surface area contributed by atoms with Crippen LogP contribution in [0.2, 0.25) is 18.1 Å². The third kappa shape index (κ3) is 9.64. The molecule has 260 valence electrons. The molecule has 1 saturated carbocycles.